The maximum Gasteiger partial charge on any atom is 0.240 e. The molecule has 1 fully saturated rings. The van der Waals surface area contributed by atoms with Crippen LogP contribution < -0.4 is 5.32 Å². The Kier molecular flexibility index (Phi) is 7.63. The first-order valence-electron chi connectivity index (χ1n) is 7.40. The van der Waals surface area contributed by atoms with Crippen LogP contribution in [0.5, 0.6) is 0 Å². The van der Waals surface area contributed by atoms with Gasteiger partial charge in [0.2, 0.25) is 5.91 Å². The van der Waals surface area contributed by atoms with Crippen LogP contribution in [0.3, 0.4) is 0 Å². The lowest BCUT2D eigenvalue weighted by atomic mass is 10.1. The summed E-state index contributed by atoms with van der Waals surface area (Å²) >= 11 is 6.01. The number of aliphatic hydroxyl groups is 1. The van der Waals surface area contributed by atoms with Crippen molar-refractivity contribution in [2.75, 3.05) is 13.1 Å². The van der Waals surface area contributed by atoms with E-state index in [0.717, 1.165) is 5.56 Å². The number of rotatable bonds is 5. The topological polar surface area (TPSA) is 52.6 Å². The highest BCUT2D eigenvalue weighted by Gasteiger charge is 2.31. The van der Waals surface area contributed by atoms with E-state index in [2.05, 4.69) is 19.2 Å². The van der Waals surface area contributed by atoms with Gasteiger partial charge in [-0.1, -0.05) is 37.6 Å². The van der Waals surface area contributed by atoms with Gasteiger partial charge in [0, 0.05) is 24.7 Å². The second-order valence-corrected chi connectivity index (χ2v) is 6.53. The Morgan fingerprint density at radius 2 is 2.23 bits per heavy atom. The number of carbonyl (C=O) groups excluding carboxylic acids is 1. The number of nitrogens with one attached hydrogen (secondary N) is 1. The summed E-state index contributed by atoms with van der Waals surface area (Å²) in [7, 11) is 0. The first-order chi connectivity index (χ1) is 9.95. The summed E-state index contributed by atoms with van der Waals surface area (Å²) in [5, 5.41) is 13.4. The van der Waals surface area contributed by atoms with Crippen molar-refractivity contribution in [3.05, 3.63) is 34.9 Å². The molecule has 124 valence electrons. The van der Waals surface area contributed by atoms with Crippen LogP contribution in [0.25, 0.3) is 0 Å². The molecule has 1 saturated heterocycles. The molecule has 0 unspecified atom stereocenters. The first-order valence-corrected chi connectivity index (χ1v) is 7.78. The summed E-state index contributed by atoms with van der Waals surface area (Å²) in [5.41, 5.74) is 1.02. The van der Waals surface area contributed by atoms with E-state index in [-0.39, 0.29) is 24.4 Å². The lowest BCUT2D eigenvalue weighted by molar-refractivity contribution is -0.134. The van der Waals surface area contributed by atoms with Crippen molar-refractivity contribution in [1.29, 1.82) is 0 Å². The highest BCUT2D eigenvalue weighted by molar-refractivity contribution is 6.30. The molecule has 0 radical (unpaired) electrons. The number of benzene rings is 1. The zero-order chi connectivity index (χ0) is 15.4. The zero-order valence-electron chi connectivity index (χ0n) is 13.0. The summed E-state index contributed by atoms with van der Waals surface area (Å²) in [4.78, 5) is 14.5. The molecule has 4 nitrogen and oxygen atoms in total. The average molecular weight is 347 g/mol. The van der Waals surface area contributed by atoms with Gasteiger partial charge in [0.15, 0.2) is 0 Å². The number of hydrogen-bond acceptors (Lipinski definition) is 3. The first kappa shape index (κ1) is 19.2. The van der Waals surface area contributed by atoms with Crippen LogP contribution in [-0.4, -0.2) is 41.1 Å². The average Bonchev–Trinajstić information content (AvgIpc) is 2.83. The normalized spacial score (nSPS) is 20.8. The van der Waals surface area contributed by atoms with Crippen LogP contribution in [0.15, 0.2) is 24.3 Å². The molecular formula is C16H24Cl2N2O2. The Morgan fingerprint density at radius 3 is 2.77 bits per heavy atom. The molecule has 6 heteroatoms. The SMILES string of the molecule is CC(C)CN(Cc1cccc(Cl)c1)C(=O)[C@@H]1C[C@@H](O)CN1.Cl. The Hall–Kier alpha value is -0.810. The predicted molar refractivity (Wildman–Crippen MR) is 91.4 cm³/mol. The van der Waals surface area contributed by atoms with E-state index < -0.39 is 6.10 Å². The molecule has 1 aromatic carbocycles. The maximum absolute atomic E-state index is 12.6. The predicted octanol–water partition coefficient (Wildman–Crippen LogP) is 2.47. The van der Waals surface area contributed by atoms with Crippen LogP contribution in [0.4, 0.5) is 0 Å². The highest BCUT2D eigenvalue weighted by atomic mass is 35.5. The van der Waals surface area contributed by atoms with Gasteiger partial charge in [-0.3, -0.25) is 4.79 Å². The summed E-state index contributed by atoms with van der Waals surface area (Å²) in [6.07, 6.45) is 0.0641. The smallest absolute Gasteiger partial charge is 0.240 e. The van der Waals surface area contributed by atoms with E-state index in [9.17, 15) is 9.90 Å². The number of hydrogen-bond donors (Lipinski definition) is 2. The molecule has 0 saturated carbocycles. The Labute approximate surface area is 143 Å². The number of amides is 1. The molecule has 1 aromatic rings. The lowest BCUT2D eigenvalue weighted by Crippen LogP contribution is -2.44. The highest BCUT2D eigenvalue weighted by Crippen LogP contribution is 2.16. The second kappa shape index (κ2) is 8.73. The Bertz CT molecular complexity index is 497. The fourth-order valence-electron chi connectivity index (χ4n) is 2.65. The van der Waals surface area contributed by atoms with Crippen molar-refractivity contribution in [2.45, 2.75) is 39.0 Å². The maximum atomic E-state index is 12.6. The van der Waals surface area contributed by atoms with Gasteiger partial charge in [0.1, 0.15) is 0 Å². The third kappa shape index (κ3) is 5.43. The van der Waals surface area contributed by atoms with Crippen molar-refractivity contribution in [1.82, 2.24) is 10.2 Å². The molecule has 1 heterocycles. The van der Waals surface area contributed by atoms with Crippen LogP contribution in [0, 0.1) is 5.92 Å². The van der Waals surface area contributed by atoms with Crippen molar-refractivity contribution < 1.29 is 9.90 Å². The van der Waals surface area contributed by atoms with Crippen LogP contribution in [0.2, 0.25) is 5.02 Å². The fraction of sp³-hybridized carbons (Fsp3) is 0.562. The van der Waals surface area contributed by atoms with Crippen molar-refractivity contribution in [3.8, 4) is 0 Å². The van der Waals surface area contributed by atoms with Gasteiger partial charge in [-0.25, -0.2) is 0 Å². The van der Waals surface area contributed by atoms with Crippen molar-refractivity contribution in [3.63, 3.8) is 0 Å². The van der Waals surface area contributed by atoms with Gasteiger partial charge in [0.25, 0.3) is 0 Å². The Morgan fingerprint density at radius 1 is 1.50 bits per heavy atom. The molecule has 0 bridgehead atoms. The van der Waals surface area contributed by atoms with Gasteiger partial charge in [-0.05, 0) is 30.0 Å². The van der Waals surface area contributed by atoms with Crippen LogP contribution in [-0.2, 0) is 11.3 Å². The quantitative estimate of drug-likeness (QED) is 0.860. The van der Waals surface area contributed by atoms with Crippen LogP contribution >= 0.6 is 24.0 Å². The minimum atomic E-state index is -0.425. The van der Waals surface area contributed by atoms with E-state index in [1.807, 2.05) is 29.2 Å². The van der Waals surface area contributed by atoms with E-state index >= 15 is 0 Å². The minimum absolute atomic E-state index is 0. The van der Waals surface area contributed by atoms with Gasteiger partial charge in [-0.2, -0.15) is 0 Å². The second-order valence-electron chi connectivity index (χ2n) is 6.09. The summed E-state index contributed by atoms with van der Waals surface area (Å²) in [6, 6.07) is 7.31. The molecule has 1 amide bonds. The van der Waals surface area contributed by atoms with E-state index in [1.54, 1.807) is 0 Å². The molecule has 2 atom stereocenters. The number of nitrogens with zero attached hydrogens (tertiary/aromatic N) is 1. The third-order valence-electron chi connectivity index (χ3n) is 3.57. The van der Waals surface area contributed by atoms with Gasteiger partial charge in [0.05, 0.1) is 12.1 Å². The largest absolute Gasteiger partial charge is 0.392 e. The number of halogens is 2. The minimum Gasteiger partial charge on any atom is -0.392 e. The molecule has 2 N–H and O–H groups in total. The molecular weight excluding hydrogens is 323 g/mol. The monoisotopic (exact) mass is 346 g/mol. The van der Waals surface area contributed by atoms with Gasteiger partial charge in [-0.15, -0.1) is 12.4 Å². The fourth-order valence-corrected chi connectivity index (χ4v) is 2.87. The molecule has 0 aromatic heterocycles. The Balaban J connectivity index is 0.00000242. The standard InChI is InChI=1S/C16H23ClN2O2.ClH/c1-11(2)9-19(10-12-4-3-5-13(17)6-12)16(21)15-7-14(20)8-18-15;/h3-6,11,14-15,18,20H,7-10H2,1-2H3;1H/t14-,15+;/m1./s1. The van der Waals surface area contributed by atoms with Crippen LogP contribution in [0.1, 0.15) is 25.8 Å². The number of aliphatic hydroxyl groups excluding tert-OH is 1. The molecule has 1 aliphatic rings. The molecule has 22 heavy (non-hydrogen) atoms. The van der Waals surface area contributed by atoms with Crippen molar-refractivity contribution in [2.24, 2.45) is 5.92 Å². The summed E-state index contributed by atoms with van der Waals surface area (Å²) in [6.45, 7) is 5.92. The lowest BCUT2D eigenvalue weighted by Gasteiger charge is -2.27. The van der Waals surface area contributed by atoms with E-state index in [0.29, 0.717) is 37.0 Å². The third-order valence-corrected chi connectivity index (χ3v) is 3.80. The van der Waals surface area contributed by atoms with Crippen molar-refractivity contribution >= 4 is 29.9 Å². The van der Waals surface area contributed by atoms with Gasteiger partial charge >= 0.3 is 0 Å². The molecule has 0 aliphatic carbocycles. The van der Waals surface area contributed by atoms with E-state index in [1.165, 1.54) is 0 Å². The number of β-amino-alcohol motifs (C(OH)–C–C–N with tert-alkyl or cyclic N) is 1. The van der Waals surface area contributed by atoms with E-state index in [4.69, 9.17) is 11.6 Å². The zero-order valence-corrected chi connectivity index (χ0v) is 14.5. The molecule has 0 spiro atoms. The molecule has 1 aliphatic heterocycles. The summed E-state index contributed by atoms with van der Waals surface area (Å²) < 4.78 is 0. The number of carbonyl (C=O) groups is 1. The summed E-state index contributed by atoms with van der Waals surface area (Å²) in [5.74, 6) is 0.444. The molecule has 2 rings (SSSR count). The van der Waals surface area contributed by atoms with Gasteiger partial charge < -0.3 is 15.3 Å².